The highest BCUT2D eigenvalue weighted by molar-refractivity contribution is 5.51. The minimum Gasteiger partial charge on any atom is -0.493 e. The smallest absolute Gasteiger partial charge is 0.122 e. The van der Waals surface area contributed by atoms with Gasteiger partial charge in [0.05, 0.1) is 6.61 Å². The van der Waals surface area contributed by atoms with Gasteiger partial charge in [0.1, 0.15) is 5.75 Å². The third-order valence-electron chi connectivity index (χ3n) is 2.61. The number of ether oxygens (including phenoxy) is 1. The van der Waals surface area contributed by atoms with Crippen LogP contribution in [0.3, 0.4) is 0 Å². The first-order valence-electron chi connectivity index (χ1n) is 5.54. The summed E-state index contributed by atoms with van der Waals surface area (Å²) in [6.07, 6.45) is 2.27. The van der Waals surface area contributed by atoms with Gasteiger partial charge in [0.25, 0.3) is 0 Å². The summed E-state index contributed by atoms with van der Waals surface area (Å²) in [4.78, 5) is 0. The molecule has 1 aromatic rings. The van der Waals surface area contributed by atoms with Crippen LogP contribution in [0.1, 0.15) is 12.0 Å². The van der Waals surface area contributed by atoms with Crippen LogP contribution in [0.25, 0.3) is 0 Å². The standard InChI is InChI=1S/C12H18N2O/c1-13-6-7-14-11-4-5-12-10(9-11)3-2-8-15-12/h4-5,9,13-14H,2-3,6-8H2,1H3. The number of aryl methyl sites for hydroxylation is 1. The van der Waals surface area contributed by atoms with Crippen molar-refractivity contribution >= 4 is 5.69 Å². The summed E-state index contributed by atoms with van der Waals surface area (Å²) in [5.74, 6) is 1.06. The molecule has 0 spiro atoms. The quantitative estimate of drug-likeness (QED) is 0.735. The molecule has 3 heteroatoms. The Morgan fingerprint density at radius 1 is 1.33 bits per heavy atom. The number of anilines is 1. The Bertz CT molecular complexity index is 325. The number of fused-ring (bicyclic) bond motifs is 1. The average Bonchev–Trinajstić information content (AvgIpc) is 2.29. The fraction of sp³-hybridized carbons (Fsp3) is 0.500. The molecular formula is C12H18N2O. The van der Waals surface area contributed by atoms with E-state index in [2.05, 4.69) is 28.8 Å². The zero-order chi connectivity index (χ0) is 10.5. The molecule has 0 radical (unpaired) electrons. The summed E-state index contributed by atoms with van der Waals surface area (Å²) in [5, 5.41) is 6.49. The molecule has 0 aromatic heterocycles. The zero-order valence-corrected chi connectivity index (χ0v) is 9.18. The van der Waals surface area contributed by atoms with Crippen molar-refractivity contribution in [3.63, 3.8) is 0 Å². The molecule has 1 aliphatic heterocycles. The Morgan fingerprint density at radius 2 is 2.27 bits per heavy atom. The van der Waals surface area contributed by atoms with Crippen molar-refractivity contribution in [2.24, 2.45) is 0 Å². The number of hydrogen-bond acceptors (Lipinski definition) is 3. The van der Waals surface area contributed by atoms with E-state index in [4.69, 9.17) is 4.74 Å². The Kier molecular flexibility index (Phi) is 3.45. The highest BCUT2D eigenvalue weighted by Crippen LogP contribution is 2.27. The van der Waals surface area contributed by atoms with E-state index in [1.807, 2.05) is 7.05 Å². The molecule has 0 fully saturated rings. The van der Waals surface area contributed by atoms with Crippen LogP contribution in [0, 0.1) is 0 Å². The van der Waals surface area contributed by atoms with Crippen LogP contribution in [-0.4, -0.2) is 26.7 Å². The number of likely N-dealkylation sites (N-methyl/N-ethyl adjacent to an activating group) is 1. The van der Waals surface area contributed by atoms with Crippen molar-refractivity contribution in [2.75, 3.05) is 32.1 Å². The second-order valence-electron chi connectivity index (χ2n) is 3.80. The first-order chi connectivity index (χ1) is 7.40. The summed E-state index contributed by atoms with van der Waals surface area (Å²) >= 11 is 0. The van der Waals surface area contributed by atoms with Gasteiger partial charge in [-0.15, -0.1) is 0 Å². The predicted octanol–water partition coefficient (Wildman–Crippen LogP) is 1.64. The van der Waals surface area contributed by atoms with Crippen LogP contribution in [0.4, 0.5) is 5.69 Å². The van der Waals surface area contributed by atoms with Crippen LogP contribution in [0.5, 0.6) is 5.75 Å². The molecule has 0 bridgehead atoms. The molecule has 2 rings (SSSR count). The van der Waals surface area contributed by atoms with Gasteiger partial charge in [-0.3, -0.25) is 0 Å². The number of nitrogens with one attached hydrogen (secondary N) is 2. The van der Waals surface area contributed by atoms with Crippen molar-refractivity contribution in [1.29, 1.82) is 0 Å². The Balaban J connectivity index is 2.00. The molecule has 3 nitrogen and oxygen atoms in total. The normalized spacial score (nSPS) is 14.2. The second-order valence-corrected chi connectivity index (χ2v) is 3.80. The average molecular weight is 206 g/mol. The monoisotopic (exact) mass is 206 g/mol. The lowest BCUT2D eigenvalue weighted by Gasteiger charge is -2.18. The lowest BCUT2D eigenvalue weighted by molar-refractivity contribution is 0.288. The highest BCUT2D eigenvalue weighted by atomic mass is 16.5. The number of benzene rings is 1. The Morgan fingerprint density at radius 3 is 3.13 bits per heavy atom. The lowest BCUT2D eigenvalue weighted by Crippen LogP contribution is -2.18. The fourth-order valence-corrected chi connectivity index (χ4v) is 1.80. The molecule has 15 heavy (non-hydrogen) atoms. The fourth-order valence-electron chi connectivity index (χ4n) is 1.80. The van der Waals surface area contributed by atoms with E-state index in [9.17, 15) is 0 Å². The number of hydrogen-bond donors (Lipinski definition) is 2. The van der Waals surface area contributed by atoms with E-state index in [-0.39, 0.29) is 0 Å². The summed E-state index contributed by atoms with van der Waals surface area (Å²) < 4.78 is 5.56. The second kappa shape index (κ2) is 5.03. The molecule has 1 aromatic carbocycles. The van der Waals surface area contributed by atoms with Crippen LogP contribution < -0.4 is 15.4 Å². The van der Waals surface area contributed by atoms with Crippen molar-refractivity contribution in [1.82, 2.24) is 5.32 Å². The first kappa shape index (κ1) is 10.3. The highest BCUT2D eigenvalue weighted by Gasteiger charge is 2.09. The topological polar surface area (TPSA) is 33.3 Å². The molecule has 1 heterocycles. The van der Waals surface area contributed by atoms with Gasteiger partial charge in [-0.25, -0.2) is 0 Å². The van der Waals surface area contributed by atoms with Crippen LogP contribution >= 0.6 is 0 Å². The molecule has 0 aliphatic carbocycles. The number of rotatable bonds is 4. The van der Waals surface area contributed by atoms with Gasteiger partial charge in [0.2, 0.25) is 0 Å². The minimum atomic E-state index is 0.861. The minimum absolute atomic E-state index is 0.861. The maximum absolute atomic E-state index is 5.56. The largest absolute Gasteiger partial charge is 0.493 e. The zero-order valence-electron chi connectivity index (χ0n) is 9.18. The maximum Gasteiger partial charge on any atom is 0.122 e. The summed E-state index contributed by atoms with van der Waals surface area (Å²) in [7, 11) is 1.96. The molecule has 0 atom stereocenters. The van der Waals surface area contributed by atoms with E-state index in [1.165, 1.54) is 11.3 Å². The van der Waals surface area contributed by atoms with Gasteiger partial charge in [0, 0.05) is 18.8 Å². The molecule has 0 unspecified atom stereocenters. The molecular weight excluding hydrogens is 188 g/mol. The molecule has 1 aliphatic rings. The van der Waals surface area contributed by atoms with E-state index >= 15 is 0 Å². The van der Waals surface area contributed by atoms with Crippen molar-refractivity contribution in [3.8, 4) is 5.75 Å². The van der Waals surface area contributed by atoms with Crippen molar-refractivity contribution < 1.29 is 4.74 Å². The first-order valence-corrected chi connectivity index (χ1v) is 5.54. The maximum atomic E-state index is 5.56. The van der Waals surface area contributed by atoms with Crippen LogP contribution in [0.15, 0.2) is 18.2 Å². The summed E-state index contributed by atoms with van der Waals surface area (Å²) in [6.45, 7) is 2.79. The lowest BCUT2D eigenvalue weighted by atomic mass is 10.1. The van der Waals surface area contributed by atoms with Gasteiger partial charge >= 0.3 is 0 Å². The van der Waals surface area contributed by atoms with Gasteiger partial charge in [0.15, 0.2) is 0 Å². The SMILES string of the molecule is CNCCNc1ccc2c(c1)CCCO2. The Hall–Kier alpha value is -1.22. The molecule has 82 valence electrons. The van der Waals surface area contributed by atoms with E-state index < -0.39 is 0 Å². The Labute approximate surface area is 90.8 Å². The van der Waals surface area contributed by atoms with Crippen molar-refractivity contribution in [2.45, 2.75) is 12.8 Å². The molecule has 2 N–H and O–H groups in total. The van der Waals surface area contributed by atoms with Crippen molar-refractivity contribution in [3.05, 3.63) is 23.8 Å². The van der Waals surface area contributed by atoms with E-state index in [0.717, 1.165) is 38.3 Å². The molecule has 0 saturated carbocycles. The van der Waals surface area contributed by atoms with Gasteiger partial charge in [-0.2, -0.15) is 0 Å². The van der Waals surface area contributed by atoms with Crippen LogP contribution in [0.2, 0.25) is 0 Å². The molecule has 0 saturated heterocycles. The predicted molar refractivity (Wildman–Crippen MR) is 62.7 cm³/mol. The van der Waals surface area contributed by atoms with Crippen LogP contribution in [-0.2, 0) is 6.42 Å². The summed E-state index contributed by atoms with van der Waals surface area (Å²) in [5.41, 5.74) is 2.52. The van der Waals surface area contributed by atoms with E-state index in [0.29, 0.717) is 0 Å². The third kappa shape index (κ3) is 2.63. The van der Waals surface area contributed by atoms with Gasteiger partial charge in [-0.1, -0.05) is 0 Å². The van der Waals surface area contributed by atoms with Gasteiger partial charge < -0.3 is 15.4 Å². The summed E-state index contributed by atoms with van der Waals surface area (Å²) in [6, 6.07) is 6.35. The van der Waals surface area contributed by atoms with Gasteiger partial charge in [-0.05, 0) is 43.7 Å². The van der Waals surface area contributed by atoms with E-state index in [1.54, 1.807) is 0 Å². The third-order valence-corrected chi connectivity index (χ3v) is 2.61. The molecule has 0 amide bonds.